The molecular weight excluding hydrogens is 244 g/mol. The van der Waals surface area contributed by atoms with Gasteiger partial charge in [-0.05, 0) is 29.0 Å². The Kier molecular flexibility index (Phi) is 2.69. The lowest BCUT2D eigenvalue weighted by Crippen LogP contribution is -2.05. The van der Waals surface area contributed by atoms with Crippen LogP contribution in [0.1, 0.15) is 5.69 Å². The number of nitrogens with zero attached hydrogens (tertiary/aromatic N) is 1. The highest BCUT2D eigenvalue weighted by molar-refractivity contribution is 9.10. The summed E-state index contributed by atoms with van der Waals surface area (Å²) in [6, 6.07) is 1.99. The van der Waals surface area contributed by atoms with Crippen LogP contribution in [-0.4, -0.2) is 22.2 Å². The molecule has 0 spiro atoms. The van der Waals surface area contributed by atoms with Crippen LogP contribution in [0.4, 0.5) is 0 Å². The van der Waals surface area contributed by atoms with E-state index in [-0.39, 0.29) is 0 Å². The van der Waals surface area contributed by atoms with Gasteiger partial charge < -0.3 is 10.3 Å². The highest BCUT2D eigenvalue weighted by atomic mass is 79.9. The Bertz CT molecular complexity index is 404. The van der Waals surface area contributed by atoms with Crippen LogP contribution in [0.5, 0.6) is 0 Å². The van der Waals surface area contributed by atoms with Gasteiger partial charge in [0.1, 0.15) is 5.69 Å². The second kappa shape index (κ2) is 3.98. The third-order valence-corrected chi connectivity index (χ3v) is 2.85. The number of aromatic amines is 2. The zero-order valence-electron chi connectivity index (χ0n) is 7.76. The lowest BCUT2D eigenvalue weighted by molar-refractivity contribution is 0.781. The van der Waals surface area contributed by atoms with E-state index in [1.165, 1.54) is 0 Å². The Morgan fingerprint density at radius 2 is 2.43 bits per heavy atom. The fourth-order valence-electron chi connectivity index (χ4n) is 1.32. The van der Waals surface area contributed by atoms with Gasteiger partial charge in [-0.25, -0.2) is 0 Å². The van der Waals surface area contributed by atoms with Crippen molar-refractivity contribution in [3.8, 4) is 11.3 Å². The first kappa shape index (κ1) is 9.48. The number of halogens is 1. The molecule has 5 heteroatoms. The Hall–Kier alpha value is -1.07. The summed E-state index contributed by atoms with van der Waals surface area (Å²) in [4.78, 5) is 3.01. The van der Waals surface area contributed by atoms with Gasteiger partial charge in [-0.15, -0.1) is 0 Å². The lowest BCUT2D eigenvalue weighted by atomic mass is 10.2. The normalized spacial score (nSPS) is 10.7. The fourth-order valence-corrected chi connectivity index (χ4v) is 1.87. The molecule has 4 nitrogen and oxygen atoms in total. The maximum atomic E-state index is 4.24. The number of nitrogens with one attached hydrogen (secondary N) is 3. The summed E-state index contributed by atoms with van der Waals surface area (Å²) in [5.74, 6) is 0. The number of aromatic nitrogens is 3. The molecule has 74 valence electrons. The lowest BCUT2D eigenvalue weighted by Gasteiger charge is -1.95. The minimum Gasteiger partial charge on any atom is -0.367 e. The molecule has 14 heavy (non-hydrogen) atoms. The van der Waals surface area contributed by atoms with Crippen LogP contribution in [0.2, 0.25) is 0 Å². The van der Waals surface area contributed by atoms with Crippen LogP contribution < -0.4 is 5.32 Å². The molecule has 2 heterocycles. The van der Waals surface area contributed by atoms with E-state index in [2.05, 4.69) is 36.4 Å². The van der Waals surface area contributed by atoms with E-state index in [0.29, 0.717) is 0 Å². The van der Waals surface area contributed by atoms with Gasteiger partial charge in [0.15, 0.2) is 0 Å². The summed E-state index contributed by atoms with van der Waals surface area (Å²) in [7, 11) is 1.91. The van der Waals surface area contributed by atoms with E-state index in [9.17, 15) is 0 Å². The van der Waals surface area contributed by atoms with Crippen LogP contribution in [0.25, 0.3) is 11.3 Å². The second-order valence-electron chi connectivity index (χ2n) is 2.99. The maximum absolute atomic E-state index is 4.24. The third-order valence-electron chi connectivity index (χ3n) is 2.00. The van der Waals surface area contributed by atoms with Crippen molar-refractivity contribution < 1.29 is 0 Å². The van der Waals surface area contributed by atoms with Crippen LogP contribution >= 0.6 is 15.9 Å². The van der Waals surface area contributed by atoms with Gasteiger partial charge in [0, 0.05) is 24.5 Å². The van der Waals surface area contributed by atoms with Gasteiger partial charge in [-0.2, -0.15) is 5.10 Å². The maximum Gasteiger partial charge on any atom is 0.108 e. The predicted molar refractivity (Wildman–Crippen MR) is 58.8 cm³/mol. The van der Waals surface area contributed by atoms with Crippen molar-refractivity contribution in [1.82, 2.24) is 20.5 Å². The Morgan fingerprint density at radius 3 is 3.07 bits per heavy atom. The molecule has 3 N–H and O–H groups in total. The molecule has 0 aliphatic rings. The first-order valence-electron chi connectivity index (χ1n) is 4.33. The Morgan fingerprint density at radius 1 is 1.57 bits per heavy atom. The Labute approximate surface area is 90.2 Å². The molecule has 0 aromatic carbocycles. The average Bonchev–Trinajstić information content (AvgIpc) is 2.77. The van der Waals surface area contributed by atoms with Gasteiger partial charge in [0.2, 0.25) is 0 Å². The molecule has 0 fully saturated rings. The molecule has 2 aromatic rings. The van der Waals surface area contributed by atoms with Crippen LogP contribution in [0.15, 0.2) is 22.9 Å². The van der Waals surface area contributed by atoms with E-state index in [4.69, 9.17) is 0 Å². The summed E-state index contributed by atoms with van der Waals surface area (Å²) in [5.41, 5.74) is 3.08. The second-order valence-corrected chi connectivity index (χ2v) is 3.79. The average molecular weight is 255 g/mol. The molecule has 0 atom stereocenters. The van der Waals surface area contributed by atoms with E-state index in [1.54, 1.807) is 0 Å². The minimum absolute atomic E-state index is 0.776. The van der Waals surface area contributed by atoms with Gasteiger partial charge in [0.05, 0.1) is 10.2 Å². The van der Waals surface area contributed by atoms with Crippen molar-refractivity contribution in [2.75, 3.05) is 7.05 Å². The molecule has 2 rings (SSSR count). The van der Waals surface area contributed by atoms with Gasteiger partial charge in [-0.1, -0.05) is 0 Å². The first-order chi connectivity index (χ1) is 6.83. The van der Waals surface area contributed by atoms with Crippen molar-refractivity contribution in [2.45, 2.75) is 6.54 Å². The molecule has 0 amide bonds. The zero-order chi connectivity index (χ0) is 9.97. The molecule has 0 radical (unpaired) electrons. The molecule has 0 bridgehead atoms. The zero-order valence-corrected chi connectivity index (χ0v) is 9.35. The minimum atomic E-state index is 0.776. The summed E-state index contributed by atoms with van der Waals surface area (Å²) in [5, 5.41) is 10.3. The molecule has 0 aliphatic heterocycles. The van der Waals surface area contributed by atoms with Gasteiger partial charge in [-0.3, -0.25) is 5.10 Å². The predicted octanol–water partition coefficient (Wildman–Crippen LogP) is 1.89. The van der Waals surface area contributed by atoms with Crippen LogP contribution in [-0.2, 0) is 6.54 Å². The van der Waals surface area contributed by atoms with E-state index in [1.807, 2.05) is 25.5 Å². The summed E-state index contributed by atoms with van der Waals surface area (Å²) < 4.78 is 1.02. The topological polar surface area (TPSA) is 56.5 Å². The molecule has 2 aromatic heterocycles. The SMILES string of the molecule is CNCc1[nH]nc(-c2cc[nH]c2)c1Br. The van der Waals surface area contributed by atoms with Crippen LogP contribution in [0, 0.1) is 0 Å². The first-order valence-corrected chi connectivity index (χ1v) is 5.12. The quantitative estimate of drug-likeness (QED) is 0.784. The van der Waals surface area contributed by atoms with Crippen LogP contribution in [0.3, 0.4) is 0 Å². The molecule has 0 saturated heterocycles. The number of hydrogen-bond acceptors (Lipinski definition) is 2. The summed E-state index contributed by atoms with van der Waals surface area (Å²) in [6.45, 7) is 0.776. The smallest absolute Gasteiger partial charge is 0.108 e. The third kappa shape index (κ3) is 1.60. The van der Waals surface area contributed by atoms with Gasteiger partial charge in [0.25, 0.3) is 0 Å². The van der Waals surface area contributed by atoms with E-state index >= 15 is 0 Å². The molecular formula is C9H11BrN4. The van der Waals surface area contributed by atoms with E-state index < -0.39 is 0 Å². The number of rotatable bonds is 3. The highest BCUT2D eigenvalue weighted by Crippen LogP contribution is 2.28. The van der Waals surface area contributed by atoms with Crippen molar-refractivity contribution in [1.29, 1.82) is 0 Å². The van der Waals surface area contributed by atoms with Gasteiger partial charge >= 0.3 is 0 Å². The van der Waals surface area contributed by atoms with Crippen molar-refractivity contribution >= 4 is 15.9 Å². The molecule has 0 saturated carbocycles. The molecule has 0 unspecified atom stereocenters. The highest BCUT2D eigenvalue weighted by Gasteiger charge is 2.11. The van der Waals surface area contributed by atoms with Crippen molar-refractivity contribution in [2.24, 2.45) is 0 Å². The van der Waals surface area contributed by atoms with Crippen molar-refractivity contribution in [3.63, 3.8) is 0 Å². The molecule has 0 aliphatic carbocycles. The largest absolute Gasteiger partial charge is 0.367 e. The summed E-state index contributed by atoms with van der Waals surface area (Å²) >= 11 is 3.53. The monoisotopic (exact) mass is 254 g/mol. The number of hydrogen-bond donors (Lipinski definition) is 3. The van der Waals surface area contributed by atoms with Crippen molar-refractivity contribution in [3.05, 3.63) is 28.6 Å². The van der Waals surface area contributed by atoms with E-state index in [0.717, 1.165) is 28.0 Å². The number of H-pyrrole nitrogens is 2. The summed E-state index contributed by atoms with van der Waals surface area (Å²) in [6.07, 6.45) is 3.80. The standard InChI is InChI=1S/C9H11BrN4/c1-11-5-7-8(10)9(14-13-7)6-2-3-12-4-6/h2-4,11-12H,5H2,1H3,(H,13,14). The Balaban J connectivity index is 2.36. The fraction of sp³-hybridized carbons (Fsp3) is 0.222.